The van der Waals surface area contributed by atoms with Gasteiger partial charge in [0.1, 0.15) is 0 Å². The number of aryl methyl sites for hydroxylation is 1. The smallest absolute Gasteiger partial charge is 0.269 e. The lowest BCUT2D eigenvalue weighted by molar-refractivity contribution is -0.384. The number of benzene rings is 2. The van der Waals surface area contributed by atoms with E-state index in [4.69, 9.17) is 0 Å². The lowest BCUT2D eigenvalue weighted by atomic mass is 10.1. The van der Waals surface area contributed by atoms with Crippen LogP contribution in [0.5, 0.6) is 0 Å². The first-order valence-electron chi connectivity index (χ1n) is 7.28. The molecule has 0 saturated carbocycles. The number of sulfonamides is 1. The first kappa shape index (κ1) is 17.0. The largest absolute Gasteiger partial charge is 0.280 e. The van der Waals surface area contributed by atoms with E-state index in [1.54, 1.807) is 12.1 Å². The zero-order valence-electron chi connectivity index (χ0n) is 12.7. The molecule has 1 N–H and O–H groups in total. The van der Waals surface area contributed by atoms with Gasteiger partial charge in [-0.2, -0.15) is 0 Å². The Morgan fingerprint density at radius 3 is 2.17 bits per heavy atom. The van der Waals surface area contributed by atoms with Gasteiger partial charge in [-0.25, -0.2) is 8.42 Å². The molecule has 2 aromatic rings. The molecule has 23 heavy (non-hydrogen) atoms. The molecule has 0 atom stereocenters. The summed E-state index contributed by atoms with van der Waals surface area (Å²) in [5.41, 5.74) is 1.47. The third-order valence-electron chi connectivity index (χ3n) is 3.38. The van der Waals surface area contributed by atoms with Crippen LogP contribution < -0.4 is 4.72 Å². The van der Waals surface area contributed by atoms with Crippen LogP contribution in [0.1, 0.15) is 25.3 Å². The Bertz CT molecular complexity index is 769. The number of nitrogens with zero attached hydrogens (tertiary/aromatic N) is 1. The van der Waals surface area contributed by atoms with Crippen molar-refractivity contribution < 1.29 is 13.3 Å². The lowest BCUT2D eigenvalue weighted by Gasteiger charge is -2.09. The third-order valence-corrected chi connectivity index (χ3v) is 4.78. The van der Waals surface area contributed by atoms with Gasteiger partial charge < -0.3 is 0 Å². The van der Waals surface area contributed by atoms with Gasteiger partial charge >= 0.3 is 0 Å². The van der Waals surface area contributed by atoms with E-state index >= 15 is 0 Å². The number of non-ortho nitro benzene ring substituents is 1. The maximum absolute atomic E-state index is 12.3. The number of nitro groups is 1. The molecule has 0 spiro atoms. The van der Waals surface area contributed by atoms with Crippen molar-refractivity contribution in [3.63, 3.8) is 0 Å². The number of nitro benzene ring substituents is 1. The van der Waals surface area contributed by atoms with E-state index in [9.17, 15) is 18.5 Å². The second-order valence-electron chi connectivity index (χ2n) is 5.16. The molecule has 122 valence electrons. The van der Waals surface area contributed by atoms with Crippen molar-refractivity contribution in [2.75, 3.05) is 4.72 Å². The predicted molar refractivity (Wildman–Crippen MR) is 89.0 cm³/mol. The van der Waals surface area contributed by atoms with Gasteiger partial charge in [0.2, 0.25) is 0 Å². The second-order valence-corrected chi connectivity index (χ2v) is 6.84. The molecule has 0 aliphatic carbocycles. The molecule has 0 fully saturated rings. The first-order valence-corrected chi connectivity index (χ1v) is 8.77. The minimum Gasteiger partial charge on any atom is -0.280 e. The van der Waals surface area contributed by atoms with Gasteiger partial charge in [0.25, 0.3) is 15.7 Å². The summed E-state index contributed by atoms with van der Waals surface area (Å²) < 4.78 is 27.0. The maximum Gasteiger partial charge on any atom is 0.269 e. The molecule has 0 heterocycles. The van der Waals surface area contributed by atoms with Crippen LogP contribution in [0, 0.1) is 10.1 Å². The van der Waals surface area contributed by atoms with E-state index in [0.717, 1.165) is 24.8 Å². The fourth-order valence-corrected chi connectivity index (χ4v) is 3.14. The summed E-state index contributed by atoms with van der Waals surface area (Å²) in [7, 11) is -3.76. The highest BCUT2D eigenvalue weighted by Gasteiger charge is 2.15. The average Bonchev–Trinajstić information content (AvgIpc) is 2.54. The van der Waals surface area contributed by atoms with Gasteiger partial charge in [-0.3, -0.25) is 14.8 Å². The fourth-order valence-electron chi connectivity index (χ4n) is 2.08. The molecule has 2 rings (SSSR count). The number of hydrogen-bond donors (Lipinski definition) is 1. The van der Waals surface area contributed by atoms with Crippen LogP contribution in [0.2, 0.25) is 0 Å². The molecular weight excluding hydrogens is 316 g/mol. The van der Waals surface area contributed by atoms with Crippen molar-refractivity contribution in [1.29, 1.82) is 0 Å². The van der Waals surface area contributed by atoms with Crippen LogP contribution >= 0.6 is 0 Å². The van der Waals surface area contributed by atoms with E-state index in [1.165, 1.54) is 24.3 Å². The van der Waals surface area contributed by atoms with Crippen molar-refractivity contribution >= 4 is 21.4 Å². The van der Waals surface area contributed by atoms with Crippen molar-refractivity contribution in [2.45, 2.75) is 31.1 Å². The normalized spacial score (nSPS) is 11.2. The zero-order valence-corrected chi connectivity index (χ0v) is 13.5. The molecule has 0 aliphatic rings. The molecule has 0 unspecified atom stereocenters. The molecule has 0 amide bonds. The Morgan fingerprint density at radius 2 is 1.65 bits per heavy atom. The highest BCUT2D eigenvalue weighted by molar-refractivity contribution is 7.92. The summed E-state index contributed by atoms with van der Waals surface area (Å²) in [6, 6.07) is 12.0. The van der Waals surface area contributed by atoms with Crippen molar-refractivity contribution in [1.82, 2.24) is 0 Å². The Morgan fingerprint density at radius 1 is 1.04 bits per heavy atom. The Kier molecular flexibility index (Phi) is 5.33. The van der Waals surface area contributed by atoms with Crippen LogP contribution in [-0.2, 0) is 16.4 Å². The zero-order chi connectivity index (χ0) is 16.9. The van der Waals surface area contributed by atoms with Crippen LogP contribution in [0.25, 0.3) is 0 Å². The van der Waals surface area contributed by atoms with Crippen molar-refractivity contribution in [3.05, 3.63) is 64.2 Å². The third kappa shape index (κ3) is 4.53. The summed E-state index contributed by atoms with van der Waals surface area (Å²) in [5, 5.41) is 10.6. The molecule has 0 aromatic heterocycles. The van der Waals surface area contributed by atoms with Gasteiger partial charge in [0.15, 0.2) is 0 Å². The van der Waals surface area contributed by atoms with Crippen LogP contribution in [0.4, 0.5) is 11.4 Å². The maximum atomic E-state index is 12.3. The highest BCUT2D eigenvalue weighted by atomic mass is 32.2. The summed E-state index contributed by atoms with van der Waals surface area (Å²) in [6.45, 7) is 2.12. The molecule has 7 heteroatoms. The minimum absolute atomic E-state index is 0.0156. The van der Waals surface area contributed by atoms with Crippen molar-refractivity contribution in [2.24, 2.45) is 0 Å². The van der Waals surface area contributed by atoms with E-state index in [-0.39, 0.29) is 10.6 Å². The van der Waals surface area contributed by atoms with E-state index in [2.05, 4.69) is 11.6 Å². The average molecular weight is 334 g/mol. The van der Waals surface area contributed by atoms with Crippen LogP contribution in [-0.4, -0.2) is 13.3 Å². The molecule has 2 aromatic carbocycles. The fraction of sp³-hybridized carbons (Fsp3) is 0.250. The molecule has 0 saturated heterocycles. The van der Waals surface area contributed by atoms with Crippen LogP contribution in [0.3, 0.4) is 0 Å². The summed E-state index contributed by atoms with van der Waals surface area (Å²) >= 11 is 0. The molecule has 0 bridgehead atoms. The van der Waals surface area contributed by atoms with E-state index in [1.807, 2.05) is 12.1 Å². The number of anilines is 1. The number of nitrogens with one attached hydrogen (secondary N) is 1. The Labute approximate surface area is 135 Å². The van der Waals surface area contributed by atoms with E-state index in [0.29, 0.717) is 5.69 Å². The SMILES string of the molecule is CCCCc1ccc(NS(=O)(=O)c2ccc([N+](=O)[O-])cc2)cc1. The van der Waals surface area contributed by atoms with Gasteiger partial charge in [-0.05, 0) is 42.7 Å². The lowest BCUT2D eigenvalue weighted by Crippen LogP contribution is -2.12. The summed E-state index contributed by atoms with van der Waals surface area (Å²) in [6.07, 6.45) is 3.16. The Balaban J connectivity index is 2.12. The molecule has 0 radical (unpaired) electrons. The monoisotopic (exact) mass is 334 g/mol. The van der Waals surface area contributed by atoms with Gasteiger partial charge in [0, 0.05) is 17.8 Å². The van der Waals surface area contributed by atoms with Crippen LogP contribution in [0.15, 0.2) is 53.4 Å². The minimum atomic E-state index is -3.76. The highest BCUT2D eigenvalue weighted by Crippen LogP contribution is 2.20. The molecular formula is C16H18N2O4S. The quantitative estimate of drug-likeness (QED) is 0.617. The van der Waals surface area contributed by atoms with E-state index < -0.39 is 14.9 Å². The van der Waals surface area contributed by atoms with Crippen molar-refractivity contribution in [3.8, 4) is 0 Å². The number of unbranched alkanes of at least 4 members (excludes halogenated alkanes) is 1. The predicted octanol–water partition coefficient (Wildman–Crippen LogP) is 3.74. The van der Waals surface area contributed by atoms with Gasteiger partial charge in [0.05, 0.1) is 9.82 Å². The summed E-state index contributed by atoms with van der Waals surface area (Å²) in [4.78, 5) is 10.0. The Hall–Kier alpha value is -2.41. The van der Waals surface area contributed by atoms with Gasteiger partial charge in [-0.1, -0.05) is 25.5 Å². The molecule has 0 aliphatic heterocycles. The summed E-state index contributed by atoms with van der Waals surface area (Å²) in [5.74, 6) is 0. The number of rotatable bonds is 7. The molecule has 6 nitrogen and oxygen atoms in total. The number of hydrogen-bond acceptors (Lipinski definition) is 4. The van der Waals surface area contributed by atoms with Gasteiger partial charge in [-0.15, -0.1) is 0 Å². The first-order chi connectivity index (χ1) is 10.9. The second kappa shape index (κ2) is 7.23. The standard InChI is InChI=1S/C16H18N2O4S/c1-2-3-4-13-5-7-14(8-6-13)17-23(21,22)16-11-9-15(10-12-16)18(19)20/h5-12,17H,2-4H2,1H3. The topological polar surface area (TPSA) is 89.3 Å².